The van der Waals surface area contributed by atoms with Gasteiger partial charge in [0.25, 0.3) is 0 Å². The second-order valence-corrected chi connectivity index (χ2v) is 5.19. The molecule has 0 spiro atoms. The predicted octanol–water partition coefficient (Wildman–Crippen LogP) is 1.54. The van der Waals surface area contributed by atoms with Gasteiger partial charge in [0.15, 0.2) is 0 Å². The Morgan fingerprint density at radius 1 is 1.41 bits per heavy atom. The molecule has 1 rings (SSSR count). The van der Waals surface area contributed by atoms with E-state index < -0.39 is 0 Å². The van der Waals surface area contributed by atoms with Crippen LogP contribution in [0.5, 0.6) is 0 Å². The molecule has 0 aromatic carbocycles. The Bertz CT molecular complexity index is 373. The standard InChI is InChI=1S/C12H22N4O/c1-5-8(17)7-14-10-6-9(13)15-11(16-10)12(2,3)4/h6,8,17H,5,7H2,1-4H3,(H3,13,14,15,16). The van der Waals surface area contributed by atoms with Gasteiger partial charge in [-0.2, -0.15) is 0 Å². The first-order valence-electron chi connectivity index (χ1n) is 5.90. The molecule has 0 saturated heterocycles. The first-order valence-corrected chi connectivity index (χ1v) is 5.90. The lowest BCUT2D eigenvalue weighted by molar-refractivity contribution is 0.183. The Morgan fingerprint density at radius 2 is 2.06 bits per heavy atom. The number of nitrogens with zero attached hydrogens (tertiary/aromatic N) is 2. The summed E-state index contributed by atoms with van der Waals surface area (Å²) in [6, 6.07) is 1.68. The van der Waals surface area contributed by atoms with Crippen LogP contribution in [-0.2, 0) is 5.41 Å². The molecular weight excluding hydrogens is 216 g/mol. The van der Waals surface area contributed by atoms with E-state index in [1.807, 2.05) is 27.7 Å². The number of nitrogen functional groups attached to an aromatic ring is 1. The summed E-state index contributed by atoms with van der Waals surface area (Å²) in [4.78, 5) is 8.61. The van der Waals surface area contributed by atoms with E-state index in [0.29, 0.717) is 30.4 Å². The van der Waals surface area contributed by atoms with Crippen LogP contribution in [0.1, 0.15) is 39.9 Å². The summed E-state index contributed by atoms with van der Waals surface area (Å²) in [5.74, 6) is 1.80. The third-order valence-electron chi connectivity index (χ3n) is 2.41. The van der Waals surface area contributed by atoms with Gasteiger partial charge in [-0.3, -0.25) is 0 Å². The fraction of sp³-hybridized carbons (Fsp3) is 0.667. The van der Waals surface area contributed by atoms with Crippen molar-refractivity contribution >= 4 is 11.6 Å². The molecule has 0 aliphatic heterocycles. The number of aliphatic hydroxyl groups excluding tert-OH is 1. The Balaban J connectivity index is 2.83. The Morgan fingerprint density at radius 3 is 2.59 bits per heavy atom. The highest BCUT2D eigenvalue weighted by molar-refractivity contribution is 5.45. The van der Waals surface area contributed by atoms with E-state index in [4.69, 9.17) is 5.73 Å². The van der Waals surface area contributed by atoms with E-state index in [0.717, 1.165) is 0 Å². The number of hydrogen-bond acceptors (Lipinski definition) is 5. The molecule has 1 aromatic rings. The Kier molecular flexibility index (Phi) is 4.28. The van der Waals surface area contributed by atoms with Gasteiger partial charge in [-0.05, 0) is 6.42 Å². The van der Waals surface area contributed by atoms with Gasteiger partial charge in [-0.25, -0.2) is 9.97 Å². The third-order valence-corrected chi connectivity index (χ3v) is 2.41. The zero-order chi connectivity index (χ0) is 13.1. The summed E-state index contributed by atoms with van der Waals surface area (Å²) in [5, 5.41) is 12.5. The van der Waals surface area contributed by atoms with Gasteiger partial charge >= 0.3 is 0 Å². The van der Waals surface area contributed by atoms with Crippen LogP contribution in [0.3, 0.4) is 0 Å². The highest BCUT2D eigenvalue weighted by atomic mass is 16.3. The quantitative estimate of drug-likeness (QED) is 0.741. The van der Waals surface area contributed by atoms with E-state index in [2.05, 4.69) is 15.3 Å². The fourth-order valence-electron chi connectivity index (χ4n) is 1.26. The number of nitrogens with one attached hydrogen (secondary N) is 1. The monoisotopic (exact) mass is 238 g/mol. The lowest BCUT2D eigenvalue weighted by atomic mass is 9.96. The normalized spacial score (nSPS) is 13.5. The maximum atomic E-state index is 9.48. The highest BCUT2D eigenvalue weighted by Crippen LogP contribution is 2.21. The molecule has 1 atom stereocenters. The number of nitrogens with two attached hydrogens (primary N) is 1. The van der Waals surface area contributed by atoms with Crippen LogP contribution in [0.25, 0.3) is 0 Å². The van der Waals surface area contributed by atoms with E-state index in [1.165, 1.54) is 0 Å². The van der Waals surface area contributed by atoms with Crippen LogP contribution in [0.2, 0.25) is 0 Å². The molecule has 1 aromatic heterocycles. The lowest BCUT2D eigenvalue weighted by Crippen LogP contribution is -2.21. The third kappa shape index (κ3) is 4.19. The summed E-state index contributed by atoms with van der Waals surface area (Å²) in [5.41, 5.74) is 5.60. The van der Waals surface area contributed by atoms with Crippen molar-refractivity contribution in [1.82, 2.24) is 9.97 Å². The van der Waals surface area contributed by atoms with Crippen molar-refractivity contribution in [2.75, 3.05) is 17.6 Å². The van der Waals surface area contributed by atoms with Crippen LogP contribution in [0.4, 0.5) is 11.6 Å². The molecule has 0 bridgehead atoms. The number of aliphatic hydroxyl groups is 1. The highest BCUT2D eigenvalue weighted by Gasteiger charge is 2.18. The first-order chi connectivity index (χ1) is 7.82. The molecular formula is C12H22N4O. The Labute approximate surface area is 102 Å². The summed E-state index contributed by atoms with van der Waals surface area (Å²) in [6.07, 6.45) is 0.337. The van der Waals surface area contributed by atoms with Crippen LogP contribution < -0.4 is 11.1 Å². The van der Waals surface area contributed by atoms with E-state index >= 15 is 0 Å². The zero-order valence-corrected chi connectivity index (χ0v) is 11.0. The summed E-state index contributed by atoms with van der Waals surface area (Å²) < 4.78 is 0. The van der Waals surface area contributed by atoms with Gasteiger partial charge < -0.3 is 16.2 Å². The maximum Gasteiger partial charge on any atom is 0.138 e. The molecule has 4 N–H and O–H groups in total. The minimum absolute atomic E-state index is 0.144. The molecule has 1 heterocycles. The first kappa shape index (κ1) is 13.7. The Hall–Kier alpha value is -1.36. The van der Waals surface area contributed by atoms with Gasteiger partial charge in [-0.1, -0.05) is 27.7 Å². The minimum atomic E-state index is -0.371. The van der Waals surface area contributed by atoms with E-state index in [9.17, 15) is 5.11 Å². The van der Waals surface area contributed by atoms with Crippen molar-refractivity contribution in [3.05, 3.63) is 11.9 Å². The van der Waals surface area contributed by atoms with Crippen LogP contribution >= 0.6 is 0 Å². The van der Waals surface area contributed by atoms with Crippen molar-refractivity contribution in [2.45, 2.75) is 45.6 Å². The largest absolute Gasteiger partial charge is 0.391 e. The number of aromatic nitrogens is 2. The van der Waals surface area contributed by atoms with Crippen LogP contribution in [0.15, 0.2) is 6.07 Å². The smallest absolute Gasteiger partial charge is 0.138 e. The number of rotatable bonds is 4. The molecule has 0 aliphatic rings. The fourth-order valence-corrected chi connectivity index (χ4v) is 1.26. The van der Waals surface area contributed by atoms with Crippen LogP contribution in [-0.4, -0.2) is 27.7 Å². The van der Waals surface area contributed by atoms with Crippen LogP contribution in [0, 0.1) is 0 Å². The summed E-state index contributed by atoms with van der Waals surface area (Å²) >= 11 is 0. The molecule has 0 saturated carbocycles. The van der Waals surface area contributed by atoms with Crippen molar-refractivity contribution in [3.8, 4) is 0 Å². The maximum absolute atomic E-state index is 9.48. The van der Waals surface area contributed by atoms with Crippen molar-refractivity contribution in [2.24, 2.45) is 0 Å². The topological polar surface area (TPSA) is 84.1 Å². The van der Waals surface area contributed by atoms with Gasteiger partial charge in [0.1, 0.15) is 17.5 Å². The molecule has 0 aliphatic carbocycles. The lowest BCUT2D eigenvalue weighted by Gasteiger charge is -2.18. The van der Waals surface area contributed by atoms with Crippen molar-refractivity contribution in [1.29, 1.82) is 0 Å². The van der Waals surface area contributed by atoms with Crippen molar-refractivity contribution < 1.29 is 5.11 Å². The van der Waals surface area contributed by atoms with Gasteiger partial charge in [0, 0.05) is 18.0 Å². The molecule has 0 radical (unpaired) electrons. The average Bonchev–Trinajstić information content (AvgIpc) is 2.24. The van der Waals surface area contributed by atoms with Gasteiger partial charge in [-0.15, -0.1) is 0 Å². The molecule has 96 valence electrons. The van der Waals surface area contributed by atoms with Crippen molar-refractivity contribution in [3.63, 3.8) is 0 Å². The molecule has 0 fully saturated rings. The number of anilines is 2. The molecule has 5 nitrogen and oxygen atoms in total. The number of hydrogen-bond donors (Lipinski definition) is 3. The average molecular weight is 238 g/mol. The molecule has 1 unspecified atom stereocenters. The SMILES string of the molecule is CCC(O)CNc1cc(N)nc(C(C)(C)C)n1. The van der Waals surface area contributed by atoms with Gasteiger partial charge in [0.2, 0.25) is 0 Å². The van der Waals surface area contributed by atoms with Gasteiger partial charge in [0.05, 0.1) is 6.10 Å². The second kappa shape index (κ2) is 5.31. The van der Waals surface area contributed by atoms with E-state index in [-0.39, 0.29) is 11.5 Å². The molecule has 5 heteroatoms. The van der Waals surface area contributed by atoms with E-state index in [1.54, 1.807) is 6.07 Å². The zero-order valence-electron chi connectivity index (χ0n) is 11.0. The molecule has 0 amide bonds. The summed E-state index contributed by atoms with van der Waals surface area (Å²) in [7, 11) is 0. The summed E-state index contributed by atoms with van der Waals surface area (Å²) in [6.45, 7) is 8.50. The second-order valence-electron chi connectivity index (χ2n) is 5.19. The predicted molar refractivity (Wildman–Crippen MR) is 69.9 cm³/mol. The molecule has 17 heavy (non-hydrogen) atoms. The minimum Gasteiger partial charge on any atom is -0.391 e.